The molecule has 1 heterocycles. The van der Waals surface area contributed by atoms with Gasteiger partial charge in [-0.25, -0.2) is 4.79 Å². The highest BCUT2D eigenvalue weighted by molar-refractivity contribution is 6.01. The van der Waals surface area contributed by atoms with Crippen LogP contribution >= 0.6 is 0 Å². The maximum absolute atomic E-state index is 12.1. The third-order valence-electron chi connectivity index (χ3n) is 3.10. The average Bonchev–Trinajstić information content (AvgIpc) is 2.74. The lowest BCUT2D eigenvalue weighted by Crippen LogP contribution is -2.44. The van der Waals surface area contributed by atoms with Gasteiger partial charge in [0.25, 0.3) is 11.8 Å². The Morgan fingerprint density at radius 1 is 0.786 bits per heavy atom. The Morgan fingerprint density at radius 2 is 1.14 bits per heavy atom. The van der Waals surface area contributed by atoms with Crippen molar-refractivity contribution < 1.29 is 38.3 Å². The van der Waals surface area contributed by atoms with Crippen LogP contribution < -0.4 is 0 Å². The SMILES string of the molecule is CC(C)(C)OC(=O)CN(CC(=O)ON1C(=O)CCC1=O)CC(=O)OC(C)(C)C. The summed E-state index contributed by atoms with van der Waals surface area (Å²) in [6.45, 7) is 8.81. The summed E-state index contributed by atoms with van der Waals surface area (Å²) in [5, 5.41) is 0.404. The van der Waals surface area contributed by atoms with Gasteiger partial charge in [-0.15, -0.1) is 5.06 Å². The van der Waals surface area contributed by atoms with E-state index < -0.39 is 47.5 Å². The zero-order valence-corrected chi connectivity index (χ0v) is 17.2. The Kier molecular flexibility index (Phi) is 7.68. The third-order valence-corrected chi connectivity index (χ3v) is 3.10. The van der Waals surface area contributed by atoms with E-state index in [4.69, 9.17) is 14.3 Å². The van der Waals surface area contributed by atoms with Gasteiger partial charge in [0, 0.05) is 12.8 Å². The van der Waals surface area contributed by atoms with Gasteiger partial charge in [0.1, 0.15) is 17.7 Å². The van der Waals surface area contributed by atoms with Crippen LogP contribution in [0, 0.1) is 0 Å². The van der Waals surface area contributed by atoms with Crippen LogP contribution in [0.3, 0.4) is 0 Å². The molecule has 28 heavy (non-hydrogen) atoms. The van der Waals surface area contributed by atoms with Crippen LogP contribution in [0.4, 0.5) is 0 Å². The summed E-state index contributed by atoms with van der Waals surface area (Å²) in [5.41, 5.74) is -1.49. The molecule has 0 radical (unpaired) electrons. The van der Waals surface area contributed by atoms with Crippen LogP contribution in [0.2, 0.25) is 0 Å². The van der Waals surface area contributed by atoms with Crippen molar-refractivity contribution in [2.75, 3.05) is 19.6 Å². The minimum atomic E-state index is -0.962. The van der Waals surface area contributed by atoms with Gasteiger partial charge in [-0.2, -0.15) is 0 Å². The van der Waals surface area contributed by atoms with Crippen LogP contribution in [-0.4, -0.2) is 70.5 Å². The molecule has 0 saturated carbocycles. The first-order valence-electron chi connectivity index (χ1n) is 8.89. The molecule has 1 aliphatic rings. The van der Waals surface area contributed by atoms with E-state index in [1.807, 2.05) is 0 Å². The number of hydroxylamine groups is 2. The molecule has 0 unspecified atom stereocenters. The maximum atomic E-state index is 12.1. The zero-order chi connectivity index (χ0) is 21.7. The third kappa shape index (κ3) is 8.94. The number of ether oxygens (including phenoxy) is 2. The van der Waals surface area contributed by atoms with Crippen LogP contribution in [0.5, 0.6) is 0 Å². The van der Waals surface area contributed by atoms with E-state index in [0.717, 1.165) is 4.90 Å². The predicted molar refractivity (Wildman–Crippen MR) is 95.3 cm³/mol. The molecule has 0 N–H and O–H groups in total. The number of rotatable bonds is 7. The second-order valence-corrected chi connectivity index (χ2v) is 8.36. The monoisotopic (exact) mass is 400 g/mol. The molecule has 0 spiro atoms. The summed E-state index contributed by atoms with van der Waals surface area (Å²) in [4.78, 5) is 65.3. The van der Waals surface area contributed by atoms with Crippen LogP contribution in [0.1, 0.15) is 54.4 Å². The fourth-order valence-corrected chi connectivity index (χ4v) is 2.25. The second kappa shape index (κ2) is 9.13. The van der Waals surface area contributed by atoms with E-state index in [-0.39, 0.29) is 25.9 Å². The van der Waals surface area contributed by atoms with Crippen molar-refractivity contribution in [1.82, 2.24) is 9.96 Å². The number of nitrogens with zero attached hydrogens (tertiary/aromatic N) is 2. The van der Waals surface area contributed by atoms with Gasteiger partial charge in [-0.05, 0) is 41.5 Å². The van der Waals surface area contributed by atoms with Crippen molar-refractivity contribution in [2.45, 2.75) is 65.6 Å². The standard InChI is InChI=1S/C18H28N2O8/c1-17(2,3)26-14(23)9-19(10-15(24)27-18(4,5)6)11-16(25)28-20-12(21)7-8-13(20)22/h7-11H2,1-6H3. The van der Waals surface area contributed by atoms with Crippen molar-refractivity contribution in [3.8, 4) is 0 Å². The van der Waals surface area contributed by atoms with E-state index >= 15 is 0 Å². The minimum Gasteiger partial charge on any atom is -0.459 e. The lowest BCUT2D eigenvalue weighted by molar-refractivity contribution is -0.198. The molecule has 10 heteroatoms. The molecule has 2 amide bonds. The highest BCUT2D eigenvalue weighted by atomic mass is 16.7. The van der Waals surface area contributed by atoms with E-state index in [0.29, 0.717) is 5.06 Å². The number of imide groups is 1. The zero-order valence-electron chi connectivity index (χ0n) is 17.2. The van der Waals surface area contributed by atoms with E-state index in [1.54, 1.807) is 41.5 Å². The molecular weight excluding hydrogens is 372 g/mol. The maximum Gasteiger partial charge on any atom is 0.347 e. The van der Waals surface area contributed by atoms with Gasteiger partial charge in [0.05, 0.1) is 13.1 Å². The van der Waals surface area contributed by atoms with Gasteiger partial charge < -0.3 is 14.3 Å². The van der Waals surface area contributed by atoms with Crippen LogP contribution in [-0.2, 0) is 38.3 Å². The molecule has 0 atom stereocenters. The smallest absolute Gasteiger partial charge is 0.347 e. The van der Waals surface area contributed by atoms with E-state index in [9.17, 15) is 24.0 Å². The van der Waals surface area contributed by atoms with Gasteiger partial charge in [0.2, 0.25) is 0 Å². The number of carbonyl (C=O) groups is 5. The Morgan fingerprint density at radius 3 is 1.50 bits per heavy atom. The van der Waals surface area contributed by atoms with Crippen molar-refractivity contribution in [3.63, 3.8) is 0 Å². The fourth-order valence-electron chi connectivity index (χ4n) is 2.25. The van der Waals surface area contributed by atoms with Gasteiger partial charge in [-0.1, -0.05) is 0 Å². The highest BCUT2D eigenvalue weighted by Gasteiger charge is 2.34. The van der Waals surface area contributed by atoms with Gasteiger partial charge >= 0.3 is 17.9 Å². The summed E-state index contributed by atoms with van der Waals surface area (Å²) in [5.74, 6) is -3.52. The minimum absolute atomic E-state index is 0.0361. The average molecular weight is 400 g/mol. The molecule has 1 saturated heterocycles. The first kappa shape index (κ1) is 23.5. The lowest BCUT2D eigenvalue weighted by atomic mass is 10.2. The van der Waals surface area contributed by atoms with Gasteiger partial charge in [0.15, 0.2) is 0 Å². The number of hydrogen-bond donors (Lipinski definition) is 0. The molecule has 1 fully saturated rings. The summed E-state index contributed by atoms with van der Waals surface area (Å²) in [7, 11) is 0. The molecule has 0 bridgehead atoms. The largest absolute Gasteiger partial charge is 0.459 e. The number of carbonyl (C=O) groups excluding carboxylic acids is 5. The first-order valence-corrected chi connectivity index (χ1v) is 8.89. The Balaban J connectivity index is 2.76. The molecular formula is C18H28N2O8. The highest BCUT2D eigenvalue weighted by Crippen LogP contribution is 2.13. The first-order chi connectivity index (χ1) is 12.7. The molecule has 0 aromatic heterocycles. The fraction of sp³-hybridized carbons (Fsp3) is 0.722. The number of hydrogen-bond acceptors (Lipinski definition) is 9. The van der Waals surface area contributed by atoms with Crippen LogP contribution in [0.15, 0.2) is 0 Å². The Hall–Kier alpha value is -2.49. The van der Waals surface area contributed by atoms with E-state index in [1.165, 1.54) is 0 Å². The molecule has 0 aromatic rings. The molecule has 158 valence electrons. The molecule has 1 aliphatic heterocycles. The lowest BCUT2D eigenvalue weighted by Gasteiger charge is -2.26. The number of esters is 2. The topological polar surface area (TPSA) is 120 Å². The van der Waals surface area contributed by atoms with Gasteiger partial charge in [-0.3, -0.25) is 24.1 Å². The molecule has 10 nitrogen and oxygen atoms in total. The van der Waals surface area contributed by atoms with Crippen LogP contribution in [0.25, 0.3) is 0 Å². The second-order valence-electron chi connectivity index (χ2n) is 8.36. The van der Waals surface area contributed by atoms with Crippen molar-refractivity contribution >= 4 is 29.7 Å². The quantitative estimate of drug-likeness (QED) is 0.446. The predicted octanol–water partition coefficient (Wildman–Crippen LogP) is 0.579. The van der Waals surface area contributed by atoms with Crippen molar-refractivity contribution in [2.24, 2.45) is 0 Å². The molecule has 1 rings (SSSR count). The molecule has 0 aliphatic carbocycles. The Labute approximate surface area is 164 Å². The summed E-state index contributed by atoms with van der Waals surface area (Å²) in [6.07, 6.45) is -0.0721. The van der Waals surface area contributed by atoms with Crippen molar-refractivity contribution in [3.05, 3.63) is 0 Å². The Bertz CT molecular complexity index is 599. The van der Waals surface area contributed by atoms with Crippen molar-refractivity contribution in [1.29, 1.82) is 0 Å². The van der Waals surface area contributed by atoms with E-state index in [2.05, 4.69) is 0 Å². The number of amides is 2. The normalized spacial score (nSPS) is 15.0. The summed E-state index contributed by atoms with van der Waals surface area (Å²) >= 11 is 0. The summed E-state index contributed by atoms with van der Waals surface area (Å²) in [6, 6.07) is 0. The summed E-state index contributed by atoms with van der Waals surface area (Å²) < 4.78 is 10.4. The molecule has 0 aromatic carbocycles.